The van der Waals surface area contributed by atoms with Crippen LogP contribution in [0.15, 0.2) is 48.7 Å². The minimum atomic E-state index is -0.169. The highest BCUT2D eigenvalue weighted by atomic mass is 32.1. The number of anilines is 1. The quantitative estimate of drug-likeness (QED) is 0.533. The molecular weight excluding hydrogens is 360 g/mol. The number of thiophene rings is 1. The number of amides is 2. The summed E-state index contributed by atoms with van der Waals surface area (Å²) in [6, 6.07) is 14.2. The second-order valence-corrected chi connectivity index (χ2v) is 7.43. The van der Waals surface area contributed by atoms with Gasteiger partial charge in [0.15, 0.2) is 0 Å². The summed E-state index contributed by atoms with van der Waals surface area (Å²) < 4.78 is 6.26. The number of ether oxygens (including phenoxy) is 1. The third-order valence-corrected chi connectivity index (χ3v) is 5.62. The first-order valence-electron chi connectivity index (χ1n) is 8.63. The average molecular weight is 380 g/mol. The second kappa shape index (κ2) is 7.38. The summed E-state index contributed by atoms with van der Waals surface area (Å²) in [5.41, 5.74) is 2.74. The van der Waals surface area contributed by atoms with Gasteiger partial charge in [-0.1, -0.05) is 18.2 Å². The molecule has 7 heteroatoms. The molecule has 0 saturated heterocycles. The van der Waals surface area contributed by atoms with E-state index in [0.717, 1.165) is 27.0 Å². The highest BCUT2D eigenvalue weighted by molar-refractivity contribution is 7.22. The molecule has 0 radical (unpaired) electrons. The third kappa shape index (κ3) is 3.51. The van der Waals surface area contributed by atoms with Crippen LogP contribution in [0.3, 0.4) is 0 Å². The molecule has 6 nitrogen and oxygen atoms in total. The Hall–Kier alpha value is -2.90. The predicted molar refractivity (Wildman–Crippen MR) is 110 cm³/mol. The summed E-state index contributed by atoms with van der Waals surface area (Å²) in [5.74, 6) is 0. The van der Waals surface area contributed by atoms with Crippen molar-refractivity contribution < 1.29 is 9.53 Å². The number of urea groups is 1. The van der Waals surface area contributed by atoms with Gasteiger partial charge in [-0.15, -0.1) is 11.3 Å². The van der Waals surface area contributed by atoms with Crippen LogP contribution in [0.2, 0.25) is 0 Å². The van der Waals surface area contributed by atoms with E-state index in [1.165, 1.54) is 10.1 Å². The number of rotatable bonds is 5. The van der Waals surface area contributed by atoms with E-state index in [0.29, 0.717) is 13.2 Å². The number of carbonyl (C=O) groups excluding carboxylic acids is 1. The number of H-pyrrole nitrogens is 1. The molecule has 138 valence electrons. The molecule has 0 atom stereocenters. The summed E-state index contributed by atoms with van der Waals surface area (Å²) in [6.07, 6.45) is 1.77. The first kappa shape index (κ1) is 17.5. The lowest BCUT2D eigenvalue weighted by molar-refractivity contribution is 0.165. The summed E-state index contributed by atoms with van der Waals surface area (Å²) >= 11 is 1.73. The van der Waals surface area contributed by atoms with Crippen LogP contribution in [0.5, 0.6) is 0 Å². The summed E-state index contributed by atoms with van der Waals surface area (Å²) in [7, 11) is 3.37. The van der Waals surface area contributed by atoms with Crippen molar-refractivity contribution in [3.63, 3.8) is 0 Å². The van der Waals surface area contributed by atoms with Gasteiger partial charge in [-0.25, -0.2) is 4.79 Å². The van der Waals surface area contributed by atoms with Crippen LogP contribution in [-0.4, -0.2) is 48.4 Å². The maximum atomic E-state index is 12.4. The summed E-state index contributed by atoms with van der Waals surface area (Å²) in [6.45, 7) is 1.02. The Bertz CT molecular complexity index is 1070. The van der Waals surface area contributed by atoms with Crippen LogP contribution in [0.1, 0.15) is 0 Å². The molecule has 0 saturated carbocycles. The maximum absolute atomic E-state index is 12.4. The normalized spacial score (nSPS) is 11.2. The number of hydrogen-bond acceptors (Lipinski definition) is 4. The lowest BCUT2D eigenvalue weighted by atomic mass is 10.1. The lowest BCUT2D eigenvalue weighted by Gasteiger charge is -2.17. The van der Waals surface area contributed by atoms with E-state index < -0.39 is 0 Å². The number of benzene rings is 2. The Balaban J connectivity index is 1.70. The summed E-state index contributed by atoms with van der Waals surface area (Å²) in [4.78, 5) is 15.2. The Morgan fingerprint density at radius 2 is 2.11 bits per heavy atom. The minimum Gasteiger partial charge on any atom is -0.383 e. The smallest absolute Gasteiger partial charge is 0.321 e. The molecule has 0 fully saturated rings. The van der Waals surface area contributed by atoms with Gasteiger partial charge in [-0.05, 0) is 29.7 Å². The molecule has 2 aromatic carbocycles. The molecule has 4 aromatic rings. The van der Waals surface area contributed by atoms with Crippen molar-refractivity contribution in [2.24, 2.45) is 0 Å². The van der Waals surface area contributed by atoms with Gasteiger partial charge in [0.1, 0.15) is 0 Å². The van der Waals surface area contributed by atoms with E-state index in [1.54, 1.807) is 36.6 Å². The van der Waals surface area contributed by atoms with Gasteiger partial charge in [0.2, 0.25) is 0 Å². The molecule has 0 aliphatic carbocycles. The first-order chi connectivity index (χ1) is 13.2. The number of carbonyl (C=O) groups is 1. The van der Waals surface area contributed by atoms with Crippen LogP contribution >= 0.6 is 11.3 Å². The molecular formula is C20H20N4O2S. The standard InChI is InChI=1S/C20H20N4O2S/c1-24(7-8-26-2)20(25)22-15-9-14-12-21-23-19(14)16(11-15)18-10-13-5-3-4-6-17(13)27-18/h3-6,9-12H,7-8H2,1-2H3,(H,21,23)(H,22,25). The van der Waals surface area contributed by atoms with Gasteiger partial charge in [-0.3, -0.25) is 5.10 Å². The number of methoxy groups -OCH3 is 1. The van der Waals surface area contributed by atoms with E-state index in [9.17, 15) is 4.79 Å². The van der Waals surface area contributed by atoms with Crippen molar-refractivity contribution in [2.75, 3.05) is 32.6 Å². The number of hydrogen-bond donors (Lipinski definition) is 2. The Labute approximate surface area is 160 Å². The van der Waals surface area contributed by atoms with E-state index in [2.05, 4.69) is 33.7 Å². The molecule has 2 amide bonds. The van der Waals surface area contributed by atoms with Gasteiger partial charge in [0.25, 0.3) is 0 Å². The van der Waals surface area contributed by atoms with Gasteiger partial charge in [-0.2, -0.15) is 5.10 Å². The number of likely N-dealkylation sites (N-methyl/N-ethyl adjacent to an activating group) is 1. The van der Waals surface area contributed by atoms with Gasteiger partial charge >= 0.3 is 6.03 Å². The van der Waals surface area contributed by atoms with E-state index in [4.69, 9.17) is 4.74 Å². The molecule has 0 aliphatic heterocycles. The van der Waals surface area contributed by atoms with Crippen molar-refractivity contribution in [3.8, 4) is 10.4 Å². The molecule has 0 aliphatic rings. The molecule has 27 heavy (non-hydrogen) atoms. The Morgan fingerprint density at radius 3 is 2.93 bits per heavy atom. The maximum Gasteiger partial charge on any atom is 0.321 e. The molecule has 2 N–H and O–H groups in total. The van der Waals surface area contributed by atoms with Crippen molar-refractivity contribution in [2.45, 2.75) is 0 Å². The molecule has 0 unspecified atom stereocenters. The SMILES string of the molecule is COCCN(C)C(=O)Nc1cc(-c2cc3ccccc3s2)c2[nH]ncc2c1. The number of aromatic amines is 1. The van der Waals surface area contributed by atoms with Crippen LogP contribution in [0.25, 0.3) is 31.4 Å². The fourth-order valence-corrected chi connectivity index (χ4v) is 4.07. The van der Waals surface area contributed by atoms with Crippen molar-refractivity contribution in [1.29, 1.82) is 0 Å². The van der Waals surface area contributed by atoms with Crippen LogP contribution in [0, 0.1) is 0 Å². The Morgan fingerprint density at radius 1 is 1.26 bits per heavy atom. The van der Waals surface area contributed by atoms with Crippen molar-refractivity contribution >= 4 is 44.0 Å². The molecule has 4 rings (SSSR count). The molecule has 2 heterocycles. The zero-order valence-electron chi connectivity index (χ0n) is 15.2. The molecule has 0 bridgehead atoms. The number of nitrogens with zero attached hydrogens (tertiary/aromatic N) is 2. The Kier molecular flexibility index (Phi) is 4.79. The van der Waals surface area contributed by atoms with Crippen LogP contribution in [0.4, 0.5) is 10.5 Å². The van der Waals surface area contributed by atoms with Crippen molar-refractivity contribution in [1.82, 2.24) is 15.1 Å². The predicted octanol–water partition coefficient (Wildman–Crippen LogP) is 4.55. The van der Waals surface area contributed by atoms with E-state index in [1.807, 2.05) is 24.3 Å². The van der Waals surface area contributed by atoms with Crippen LogP contribution in [-0.2, 0) is 4.74 Å². The largest absolute Gasteiger partial charge is 0.383 e. The van der Waals surface area contributed by atoms with Gasteiger partial charge < -0.3 is 15.0 Å². The number of fused-ring (bicyclic) bond motifs is 2. The number of nitrogens with one attached hydrogen (secondary N) is 2. The fourth-order valence-electron chi connectivity index (χ4n) is 2.99. The number of aromatic nitrogens is 2. The zero-order chi connectivity index (χ0) is 18.8. The van der Waals surface area contributed by atoms with E-state index >= 15 is 0 Å². The highest BCUT2D eigenvalue weighted by Crippen LogP contribution is 2.38. The second-order valence-electron chi connectivity index (χ2n) is 6.35. The van der Waals surface area contributed by atoms with Crippen LogP contribution < -0.4 is 5.32 Å². The highest BCUT2D eigenvalue weighted by Gasteiger charge is 2.14. The monoisotopic (exact) mass is 380 g/mol. The fraction of sp³-hybridized carbons (Fsp3) is 0.200. The minimum absolute atomic E-state index is 0.169. The first-order valence-corrected chi connectivity index (χ1v) is 9.44. The topological polar surface area (TPSA) is 70.2 Å². The zero-order valence-corrected chi connectivity index (χ0v) is 16.0. The van der Waals surface area contributed by atoms with Gasteiger partial charge in [0.05, 0.1) is 18.3 Å². The average Bonchev–Trinajstić information content (AvgIpc) is 3.31. The lowest BCUT2D eigenvalue weighted by Crippen LogP contribution is -2.33. The molecule has 2 aromatic heterocycles. The summed E-state index contributed by atoms with van der Waals surface area (Å²) in [5, 5.41) is 12.4. The van der Waals surface area contributed by atoms with E-state index in [-0.39, 0.29) is 6.03 Å². The third-order valence-electron chi connectivity index (χ3n) is 4.47. The van der Waals surface area contributed by atoms with Crippen molar-refractivity contribution in [3.05, 3.63) is 48.7 Å². The van der Waals surface area contributed by atoms with Gasteiger partial charge in [0, 0.05) is 46.9 Å². The molecule has 0 spiro atoms.